The van der Waals surface area contributed by atoms with Crippen molar-refractivity contribution in [1.82, 2.24) is 15.1 Å². The smallest absolute Gasteiger partial charge is 0.323 e. The molecular weight excluding hydrogens is 514 g/mol. The van der Waals surface area contributed by atoms with Crippen molar-refractivity contribution in [3.63, 3.8) is 0 Å². The summed E-state index contributed by atoms with van der Waals surface area (Å²) in [5, 5.41) is 5.89. The van der Waals surface area contributed by atoms with Gasteiger partial charge in [0, 0.05) is 40.9 Å². The summed E-state index contributed by atoms with van der Waals surface area (Å²) in [6.45, 7) is 0.457. The highest BCUT2D eigenvalue weighted by molar-refractivity contribution is 9.10. The van der Waals surface area contributed by atoms with Crippen molar-refractivity contribution in [1.29, 1.82) is 0 Å². The number of anilines is 1. The molecule has 10 heteroatoms. The molecule has 186 valence electrons. The molecule has 1 aliphatic heterocycles. The van der Waals surface area contributed by atoms with Crippen LogP contribution < -0.4 is 21.1 Å². The quantitative estimate of drug-likeness (QED) is 0.535. The fraction of sp³-hybridized carbons (Fsp3) is 0.400. The molecule has 2 fully saturated rings. The number of nitrogens with zero attached hydrogens (tertiary/aromatic N) is 2. The minimum Gasteiger partial charge on any atom is -0.497 e. The summed E-state index contributed by atoms with van der Waals surface area (Å²) in [5.41, 5.74) is 6.98. The van der Waals surface area contributed by atoms with Crippen LogP contribution in [-0.4, -0.2) is 66.1 Å². The minimum atomic E-state index is -1.07. The molecule has 0 bridgehead atoms. The molecule has 0 aromatic heterocycles. The zero-order valence-corrected chi connectivity index (χ0v) is 21.2. The first kappa shape index (κ1) is 25.0. The minimum absolute atomic E-state index is 0.0355. The number of carbonyl (C=O) groups excluding carboxylic acids is 3. The van der Waals surface area contributed by atoms with Crippen LogP contribution in [0.1, 0.15) is 36.0 Å². The lowest BCUT2D eigenvalue weighted by Crippen LogP contribution is -2.56. The largest absolute Gasteiger partial charge is 0.497 e. The highest BCUT2D eigenvalue weighted by Crippen LogP contribution is 2.24. The maximum Gasteiger partial charge on any atom is 0.323 e. The monoisotopic (exact) mass is 543 g/mol. The second-order valence-electron chi connectivity index (χ2n) is 8.86. The average molecular weight is 544 g/mol. The fourth-order valence-electron chi connectivity index (χ4n) is 4.56. The van der Waals surface area contributed by atoms with Gasteiger partial charge in [-0.05, 0) is 62.1 Å². The summed E-state index contributed by atoms with van der Waals surface area (Å²) in [6, 6.07) is 13.6. The molecule has 0 radical (unpaired) electrons. The second kappa shape index (κ2) is 11.1. The molecule has 1 unspecified atom stereocenters. The van der Waals surface area contributed by atoms with Gasteiger partial charge in [0.15, 0.2) is 6.17 Å². The van der Waals surface area contributed by atoms with E-state index in [0.29, 0.717) is 17.0 Å². The molecule has 1 atom stereocenters. The van der Waals surface area contributed by atoms with E-state index >= 15 is 0 Å². The molecule has 9 nitrogen and oxygen atoms in total. The molecule has 2 aromatic carbocycles. The highest BCUT2D eigenvalue weighted by Gasteiger charge is 2.43. The Kier molecular flexibility index (Phi) is 7.92. The standard InChI is InChI=1S/C25H30BrN5O4/c1-35-21-7-2-4-16(14-21)24(33)30-12-13-31(25(34)29-20-6-3-5-17(26)15-20)23(30)22(32)28-19-10-8-18(27)9-11-19/h2-7,14-15,18-19,23H,8-13,27H2,1H3,(H,28,32)(H,29,34). The summed E-state index contributed by atoms with van der Waals surface area (Å²) in [7, 11) is 1.53. The molecule has 1 saturated heterocycles. The van der Waals surface area contributed by atoms with E-state index in [9.17, 15) is 14.4 Å². The van der Waals surface area contributed by atoms with Crippen molar-refractivity contribution < 1.29 is 19.1 Å². The van der Waals surface area contributed by atoms with Gasteiger partial charge in [0.2, 0.25) is 0 Å². The van der Waals surface area contributed by atoms with Crippen LogP contribution in [0.15, 0.2) is 53.0 Å². The highest BCUT2D eigenvalue weighted by atomic mass is 79.9. The van der Waals surface area contributed by atoms with Crippen LogP contribution >= 0.6 is 15.9 Å². The third kappa shape index (κ3) is 5.94. The molecule has 4 rings (SSSR count). The molecule has 1 saturated carbocycles. The van der Waals surface area contributed by atoms with Crippen LogP contribution in [0.4, 0.5) is 10.5 Å². The van der Waals surface area contributed by atoms with Crippen molar-refractivity contribution in [2.45, 2.75) is 43.9 Å². The maximum atomic E-state index is 13.5. The van der Waals surface area contributed by atoms with Crippen molar-refractivity contribution in [3.05, 3.63) is 58.6 Å². The van der Waals surface area contributed by atoms with Gasteiger partial charge in [0.05, 0.1) is 7.11 Å². The van der Waals surface area contributed by atoms with Gasteiger partial charge in [0.1, 0.15) is 5.75 Å². The van der Waals surface area contributed by atoms with Crippen molar-refractivity contribution >= 4 is 39.5 Å². The van der Waals surface area contributed by atoms with Gasteiger partial charge >= 0.3 is 6.03 Å². The van der Waals surface area contributed by atoms with E-state index in [-0.39, 0.29) is 37.0 Å². The first-order chi connectivity index (χ1) is 16.9. The van der Waals surface area contributed by atoms with Crippen molar-refractivity contribution in [2.24, 2.45) is 5.73 Å². The van der Waals surface area contributed by atoms with Gasteiger partial charge in [0.25, 0.3) is 11.8 Å². The van der Waals surface area contributed by atoms with Crippen LogP contribution in [0.3, 0.4) is 0 Å². The lowest BCUT2D eigenvalue weighted by atomic mass is 9.92. The Morgan fingerprint density at radius 3 is 2.43 bits per heavy atom. The number of nitrogens with one attached hydrogen (secondary N) is 2. The summed E-state index contributed by atoms with van der Waals surface area (Å²) in [5.74, 6) is -0.171. The zero-order valence-electron chi connectivity index (χ0n) is 19.6. The fourth-order valence-corrected chi connectivity index (χ4v) is 4.96. The Morgan fingerprint density at radius 2 is 1.71 bits per heavy atom. The normalized spacial score (nSPS) is 22.0. The molecular formula is C25H30BrN5O4. The number of amides is 4. The van der Waals surface area contributed by atoms with Crippen molar-refractivity contribution in [3.8, 4) is 5.75 Å². The third-order valence-electron chi connectivity index (χ3n) is 6.44. The third-order valence-corrected chi connectivity index (χ3v) is 6.93. The molecule has 2 aromatic rings. The Bertz CT molecular complexity index is 1090. The lowest BCUT2D eigenvalue weighted by molar-refractivity contribution is -0.128. The van der Waals surface area contributed by atoms with E-state index in [4.69, 9.17) is 10.5 Å². The van der Waals surface area contributed by atoms with Crippen molar-refractivity contribution in [2.75, 3.05) is 25.5 Å². The van der Waals surface area contributed by atoms with Crippen LogP contribution in [0, 0.1) is 0 Å². The van der Waals surface area contributed by atoms with Gasteiger partial charge in [-0.2, -0.15) is 0 Å². The van der Waals surface area contributed by atoms with E-state index in [1.807, 2.05) is 6.07 Å². The number of halogens is 1. The summed E-state index contributed by atoms with van der Waals surface area (Å²) < 4.78 is 6.06. The average Bonchev–Trinajstić information content (AvgIpc) is 3.30. The SMILES string of the molecule is COc1cccc(C(=O)N2CCN(C(=O)Nc3cccc(Br)c3)C2C(=O)NC2CCC(N)CC2)c1. The number of rotatable bonds is 5. The Morgan fingerprint density at radius 1 is 1.00 bits per heavy atom. The Labute approximate surface area is 213 Å². The van der Waals surface area contributed by atoms with Gasteiger partial charge in [-0.15, -0.1) is 0 Å². The van der Waals surface area contributed by atoms with E-state index in [0.717, 1.165) is 30.2 Å². The van der Waals surface area contributed by atoms with Gasteiger partial charge in [-0.3, -0.25) is 14.5 Å². The van der Waals surface area contributed by atoms with Crippen LogP contribution in [0.5, 0.6) is 5.75 Å². The van der Waals surface area contributed by atoms with E-state index < -0.39 is 12.2 Å². The van der Waals surface area contributed by atoms with E-state index in [2.05, 4.69) is 26.6 Å². The molecule has 1 aliphatic carbocycles. The zero-order chi connectivity index (χ0) is 24.9. The maximum absolute atomic E-state index is 13.5. The molecule has 1 heterocycles. The number of urea groups is 1. The van der Waals surface area contributed by atoms with Crippen LogP contribution in [-0.2, 0) is 4.79 Å². The molecule has 2 aliphatic rings. The van der Waals surface area contributed by atoms with Crippen LogP contribution in [0.25, 0.3) is 0 Å². The predicted octanol–water partition coefficient (Wildman–Crippen LogP) is 3.16. The van der Waals surface area contributed by atoms with Gasteiger partial charge in [-0.25, -0.2) is 4.79 Å². The number of benzene rings is 2. The number of ether oxygens (including phenoxy) is 1. The summed E-state index contributed by atoms with van der Waals surface area (Å²) >= 11 is 3.40. The number of methoxy groups -OCH3 is 1. The Balaban J connectivity index is 1.56. The van der Waals surface area contributed by atoms with E-state index in [1.54, 1.807) is 42.5 Å². The number of nitrogens with two attached hydrogens (primary N) is 1. The Hall–Kier alpha value is -3.11. The topological polar surface area (TPSA) is 117 Å². The van der Waals surface area contributed by atoms with Gasteiger partial charge < -0.3 is 26.0 Å². The molecule has 0 spiro atoms. The van der Waals surface area contributed by atoms with Gasteiger partial charge in [-0.1, -0.05) is 28.1 Å². The first-order valence-corrected chi connectivity index (χ1v) is 12.5. The van der Waals surface area contributed by atoms with Crippen LogP contribution in [0.2, 0.25) is 0 Å². The molecule has 4 N–H and O–H groups in total. The second-order valence-corrected chi connectivity index (χ2v) is 9.77. The molecule has 4 amide bonds. The predicted molar refractivity (Wildman–Crippen MR) is 136 cm³/mol. The van der Waals surface area contributed by atoms with E-state index in [1.165, 1.54) is 16.9 Å². The summed E-state index contributed by atoms with van der Waals surface area (Å²) in [4.78, 5) is 43.0. The number of hydrogen-bond donors (Lipinski definition) is 3. The number of carbonyl (C=O) groups is 3. The summed E-state index contributed by atoms with van der Waals surface area (Å²) in [6.07, 6.45) is 2.13. The number of hydrogen-bond acceptors (Lipinski definition) is 5. The first-order valence-electron chi connectivity index (χ1n) is 11.7. The lowest BCUT2D eigenvalue weighted by Gasteiger charge is -2.32. The molecule has 35 heavy (non-hydrogen) atoms.